The standard InChI is InChI=1S/C22H25N3O4/c1-24(2)18-6-4-17(5-7-18)23-21(26)15-9-11-25(12-10-15)22(27)16-3-8-19-20(13-16)29-14-28-19/h3-8,13,15H,9-12,14H2,1-2H3,(H,23,26). The number of carbonyl (C=O) groups excluding carboxylic acids is 2. The van der Waals surface area contributed by atoms with Crippen molar-refractivity contribution in [2.75, 3.05) is 44.2 Å². The van der Waals surface area contributed by atoms with Crippen LogP contribution in [-0.4, -0.2) is 50.7 Å². The molecule has 7 nitrogen and oxygen atoms in total. The molecule has 0 atom stereocenters. The maximum absolute atomic E-state index is 12.8. The number of rotatable bonds is 4. The topological polar surface area (TPSA) is 71.1 Å². The van der Waals surface area contributed by atoms with E-state index in [9.17, 15) is 9.59 Å². The molecule has 29 heavy (non-hydrogen) atoms. The van der Waals surface area contributed by atoms with Gasteiger partial charge in [0, 0.05) is 50.0 Å². The smallest absolute Gasteiger partial charge is 0.253 e. The molecule has 0 unspecified atom stereocenters. The molecule has 0 bridgehead atoms. The highest BCUT2D eigenvalue weighted by atomic mass is 16.7. The number of nitrogens with one attached hydrogen (secondary N) is 1. The highest BCUT2D eigenvalue weighted by Crippen LogP contribution is 2.33. The summed E-state index contributed by atoms with van der Waals surface area (Å²) in [6, 6.07) is 13.0. The van der Waals surface area contributed by atoms with Gasteiger partial charge >= 0.3 is 0 Å². The molecule has 7 heteroatoms. The Hall–Kier alpha value is -3.22. The molecule has 2 aromatic rings. The zero-order valence-corrected chi connectivity index (χ0v) is 16.7. The van der Waals surface area contributed by atoms with Crippen LogP contribution in [0.4, 0.5) is 11.4 Å². The van der Waals surface area contributed by atoms with Crippen molar-refractivity contribution < 1.29 is 19.1 Å². The normalized spacial score (nSPS) is 15.9. The number of anilines is 2. The van der Waals surface area contributed by atoms with E-state index in [0.29, 0.717) is 43.0 Å². The highest BCUT2D eigenvalue weighted by Gasteiger charge is 2.28. The van der Waals surface area contributed by atoms with E-state index in [0.717, 1.165) is 11.4 Å². The van der Waals surface area contributed by atoms with Gasteiger partial charge in [-0.15, -0.1) is 0 Å². The summed E-state index contributed by atoms with van der Waals surface area (Å²) < 4.78 is 10.6. The number of hydrogen-bond acceptors (Lipinski definition) is 5. The maximum Gasteiger partial charge on any atom is 0.253 e. The van der Waals surface area contributed by atoms with E-state index in [2.05, 4.69) is 5.32 Å². The molecular weight excluding hydrogens is 370 g/mol. The van der Waals surface area contributed by atoms with Crippen LogP contribution in [0.5, 0.6) is 11.5 Å². The molecule has 2 aliphatic rings. The van der Waals surface area contributed by atoms with Crippen molar-refractivity contribution in [2.24, 2.45) is 5.92 Å². The lowest BCUT2D eigenvalue weighted by Crippen LogP contribution is -2.41. The van der Waals surface area contributed by atoms with E-state index in [1.807, 2.05) is 43.3 Å². The molecule has 2 aromatic carbocycles. The third-order valence-corrected chi connectivity index (χ3v) is 5.42. The van der Waals surface area contributed by atoms with Gasteiger partial charge in [-0.1, -0.05) is 0 Å². The second-order valence-corrected chi connectivity index (χ2v) is 7.57. The Labute approximate surface area is 170 Å². The predicted molar refractivity (Wildman–Crippen MR) is 111 cm³/mol. The first-order chi connectivity index (χ1) is 14.0. The van der Waals surface area contributed by atoms with Gasteiger partial charge in [0.25, 0.3) is 5.91 Å². The fraction of sp³-hybridized carbons (Fsp3) is 0.364. The summed E-state index contributed by atoms with van der Waals surface area (Å²) >= 11 is 0. The third kappa shape index (κ3) is 4.13. The molecule has 0 radical (unpaired) electrons. The summed E-state index contributed by atoms with van der Waals surface area (Å²) in [6.45, 7) is 1.31. The van der Waals surface area contributed by atoms with Gasteiger partial charge in [-0.25, -0.2) is 0 Å². The van der Waals surface area contributed by atoms with Crippen LogP contribution in [0.3, 0.4) is 0 Å². The maximum atomic E-state index is 12.8. The molecule has 0 aromatic heterocycles. The lowest BCUT2D eigenvalue weighted by molar-refractivity contribution is -0.121. The van der Waals surface area contributed by atoms with Gasteiger partial charge in [0.1, 0.15) is 0 Å². The number of benzene rings is 2. The average molecular weight is 395 g/mol. The van der Waals surface area contributed by atoms with Crippen LogP contribution in [0.2, 0.25) is 0 Å². The van der Waals surface area contributed by atoms with Crippen molar-refractivity contribution in [1.29, 1.82) is 0 Å². The summed E-state index contributed by atoms with van der Waals surface area (Å²) in [5, 5.41) is 2.99. The molecule has 2 amide bonds. The van der Waals surface area contributed by atoms with Crippen molar-refractivity contribution in [3.05, 3.63) is 48.0 Å². The number of piperidine rings is 1. The Balaban J connectivity index is 1.31. The van der Waals surface area contributed by atoms with Crippen LogP contribution >= 0.6 is 0 Å². The molecule has 2 aliphatic heterocycles. The van der Waals surface area contributed by atoms with E-state index in [4.69, 9.17) is 9.47 Å². The van der Waals surface area contributed by atoms with Crippen molar-refractivity contribution in [3.8, 4) is 11.5 Å². The number of hydrogen-bond donors (Lipinski definition) is 1. The first-order valence-corrected chi connectivity index (χ1v) is 9.78. The van der Waals surface area contributed by atoms with E-state index >= 15 is 0 Å². The summed E-state index contributed by atoms with van der Waals surface area (Å²) in [4.78, 5) is 29.2. The van der Waals surface area contributed by atoms with E-state index in [1.54, 1.807) is 23.1 Å². The zero-order valence-electron chi connectivity index (χ0n) is 16.7. The summed E-state index contributed by atoms with van der Waals surface area (Å²) in [7, 11) is 3.96. The molecule has 1 fully saturated rings. The Morgan fingerprint density at radius 1 is 1.00 bits per heavy atom. The van der Waals surface area contributed by atoms with Gasteiger partial charge in [-0.2, -0.15) is 0 Å². The molecule has 4 rings (SSSR count). The van der Waals surface area contributed by atoms with Gasteiger partial charge in [-0.3, -0.25) is 9.59 Å². The first kappa shape index (κ1) is 19.1. The van der Waals surface area contributed by atoms with Crippen LogP contribution in [0.15, 0.2) is 42.5 Å². The minimum Gasteiger partial charge on any atom is -0.454 e. The van der Waals surface area contributed by atoms with Crippen molar-refractivity contribution in [3.63, 3.8) is 0 Å². The predicted octanol–water partition coefficient (Wildman–Crippen LogP) is 2.97. The summed E-state index contributed by atoms with van der Waals surface area (Å²) in [5.41, 5.74) is 2.45. The fourth-order valence-corrected chi connectivity index (χ4v) is 3.64. The minimum absolute atomic E-state index is 0.0118. The van der Waals surface area contributed by atoms with Gasteiger partial charge in [0.05, 0.1) is 0 Å². The molecule has 0 aliphatic carbocycles. The van der Waals surface area contributed by atoms with Gasteiger partial charge in [0.15, 0.2) is 11.5 Å². The SMILES string of the molecule is CN(C)c1ccc(NC(=O)C2CCN(C(=O)c3ccc4c(c3)OCO4)CC2)cc1. The van der Waals surface area contributed by atoms with Crippen molar-refractivity contribution in [2.45, 2.75) is 12.8 Å². The molecule has 0 spiro atoms. The van der Waals surface area contributed by atoms with Crippen LogP contribution in [0.25, 0.3) is 0 Å². The first-order valence-electron chi connectivity index (χ1n) is 9.78. The highest BCUT2D eigenvalue weighted by molar-refractivity contribution is 5.96. The molecule has 1 saturated heterocycles. The van der Waals surface area contributed by atoms with E-state index in [1.165, 1.54) is 0 Å². The molecule has 152 valence electrons. The number of fused-ring (bicyclic) bond motifs is 1. The monoisotopic (exact) mass is 395 g/mol. The Kier molecular flexibility index (Phi) is 5.29. The largest absolute Gasteiger partial charge is 0.454 e. The minimum atomic E-state index is -0.0932. The molecule has 0 saturated carbocycles. The Morgan fingerprint density at radius 3 is 2.38 bits per heavy atom. The van der Waals surface area contributed by atoms with Crippen molar-refractivity contribution >= 4 is 23.2 Å². The van der Waals surface area contributed by atoms with Gasteiger partial charge in [0.2, 0.25) is 12.7 Å². The second-order valence-electron chi connectivity index (χ2n) is 7.57. The van der Waals surface area contributed by atoms with Crippen LogP contribution in [0.1, 0.15) is 23.2 Å². The molecule has 1 N–H and O–H groups in total. The number of carbonyl (C=O) groups is 2. The fourth-order valence-electron chi connectivity index (χ4n) is 3.64. The van der Waals surface area contributed by atoms with Crippen LogP contribution in [-0.2, 0) is 4.79 Å². The van der Waals surface area contributed by atoms with Gasteiger partial charge < -0.3 is 24.6 Å². The lowest BCUT2D eigenvalue weighted by Gasteiger charge is -2.31. The number of ether oxygens (including phenoxy) is 2. The van der Waals surface area contributed by atoms with E-state index < -0.39 is 0 Å². The average Bonchev–Trinajstić information content (AvgIpc) is 3.21. The van der Waals surface area contributed by atoms with Gasteiger partial charge in [-0.05, 0) is 55.3 Å². The Bertz CT molecular complexity index is 903. The number of likely N-dealkylation sites (tertiary alicyclic amines) is 1. The second kappa shape index (κ2) is 8.03. The summed E-state index contributed by atoms with van der Waals surface area (Å²) in [6.07, 6.45) is 1.30. The van der Waals surface area contributed by atoms with E-state index in [-0.39, 0.29) is 24.5 Å². The zero-order chi connectivity index (χ0) is 20.4. The number of amides is 2. The molecule has 2 heterocycles. The Morgan fingerprint density at radius 2 is 1.69 bits per heavy atom. The van der Waals surface area contributed by atoms with Crippen LogP contribution in [0, 0.1) is 5.92 Å². The van der Waals surface area contributed by atoms with Crippen molar-refractivity contribution in [1.82, 2.24) is 4.90 Å². The lowest BCUT2D eigenvalue weighted by atomic mass is 9.95. The molecular formula is C22H25N3O4. The summed E-state index contributed by atoms with van der Waals surface area (Å²) in [5.74, 6) is 1.14. The quantitative estimate of drug-likeness (QED) is 0.862. The number of nitrogens with zero attached hydrogens (tertiary/aromatic N) is 2. The third-order valence-electron chi connectivity index (χ3n) is 5.42. The van der Waals surface area contributed by atoms with Crippen LogP contribution < -0.4 is 19.7 Å².